The summed E-state index contributed by atoms with van der Waals surface area (Å²) in [5.74, 6) is 1.22. The predicted molar refractivity (Wildman–Crippen MR) is 79.5 cm³/mol. The SMILES string of the molecule is CC1C=C2NCN(Cc3ccc(Cl)cc3)C2=CC1C. The van der Waals surface area contributed by atoms with Gasteiger partial charge < -0.3 is 10.2 Å². The van der Waals surface area contributed by atoms with Gasteiger partial charge in [-0.25, -0.2) is 0 Å². The number of benzene rings is 1. The Labute approximate surface area is 119 Å². The molecule has 100 valence electrons. The largest absolute Gasteiger partial charge is 0.366 e. The summed E-state index contributed by atoms with van der Waals surface area (Å²) in [6.07, 6.45) is 4.73. The van der Waals surface area contributed by atoms with Crippen LogP contribution in [0.25, 0.3) is 0 Å². The van der Waals surface area contributed by atoms with Gasteiger partial charge in [-0.2, -0.15) is 0 Å². The van der Waals surface area contributed by atoms with E-state index in [0.717, 1.165) is 18.2 Å². The molecular formula is C16H19ClN2. The van der Waals surface area contributed by atoms with Crippen LogP contribution in [-0.4, -0.2) is 11.6 Å². The van der Waals surface area contributed by atoms with Gasteiger partial charge in [-0.3, -0.25) is 0 Å². The lowest BCUT2D eigenvalue weighted by Gasteiger charge is -2.25. The van der Waals surface area contributed by atoms with Crippen molar-refractivity contribution in [3.05, 3.63) is 58.4 Å². The molecule has 0 saturated carbocycles. The zero-order valence-electron chi connectivity index (χ0n) is 11.4. The van der Waals surface area contributed by atoms with Crippen LogP contribution in [-0.2, 0) is 6.54 Å². The van der Waals surface area contributed by atoms with Crippen molar-refractivity contribution in [2.75, 3.05) is 6.67 Å². The molecule has 2 atom stereocenters. The molecule has 3 heteroatoms. The van der Waals surface area contributed by atoms with Crippen LogP contribution in [0, 0.1) is 11.8 Å². The van der Waals surface area contributed by atoms with Crippen LogP contribution in [0.15, 0.2) is 47.8 Å². The molecule has 2 nitrogen and oxygen atoms in total. The van der Waals surface area contributed by atoms with E-state index in [4.69, 9.17) is 11.6 Å². The molecule has 1 aromatic carbocycles. The average Bonchev–Trinajstić information content (AvgIpc) is 2.76. The molecule has 1 aliphatic carbocycles. The van der Waals surface area contributed by atoms with Crippen molar-refractivity contribution >= 4 is 11.6 Å². The molecule has 19 heavy (non-hydrogen) atoms. The molecule has 1 fully saturated rings. The number of halogens is 1. The van der Waals surface area contributed by atoms with Crippen LogP contribution >= 0.6 is 11.6 Å². The first kappa shape index (κ1) is 12.6. The topological polar surface area (TPSA) is 15.3 Å². The maximum atomic E-state index is 5.93. The van der Waals surface area contributed by atoms with Crippen LogP contribution < -0.4 is 5.32 Å². The summed E-state index contributed by atoms with van der Waals surface area (Å²) in [4.78, 5) is 2.39. The van der Waals surface area contributed by atoms with Crippen LogP contribution in [0.1, 0.15) is 19.4 Å². The monoisotopic (exact) mass is 274 g/mol. The fourth-order valence-electron chi connectivity index (χ4n) is 2.63. The molecule has 3 rings (SSSR count). The Hall–Kier alpha value is -1.41. The Bertz CT molecular complexity index is 530. The molecule has 2 aliphatic rings. The van der Waals surface area contributed by atoms with Crippen LogP contribution in [0.2, 0.25) is 5.02 Å². The van der Waals surface area contributed by atoms with E-state index in [2.05, 4.69) is 48.3 Å². The maximum Gasteiger partial charge on any atom is 0.0881 e. The van der Waals surface area contributed by atoms with Crippen molar-refractivity contribution in [2.45, 2.75) is 20.4 Å². The van der Waals surface area contributed by atoms with Gasteiger partial charge in [0.05, 0.1) is 18.1 Å². The number of fused-ring (bicyclic) bond motifs is 1. The molecule has 1 aliphatic heterocycles. The van der Waals surface area contributed by atoms with E-state index in [1.54, 1.807) is 0 Å². The Balaban J connectivity index is 1.78. The lowest BCUT2D eigenvalue weighted by Crippen LogP contribution is -2.21. The van der Waals surface area contributed by atoms with Crippen molar-refractivity contribution in [2.24, 2.45) is 11.8 Å². The summed E-state index contributed by atoms with van der Waals surface area (Å²) in [7, 11) is 0. The number of allylic oxidation sites excluding steroid dienone is 2. The molecule has 0 spiro atoms. The Morgan fingerprint density at radius 1 is 1.16 bits per heavy atom. The highest BCUT2D eigenvalue weighted by molar-refractivity contribution is 6.30. The highest BCUT2D eigenvalue weighted by Gasteiger charge is 2.27. The van der Waals surface area contributed by atoms with Crippen molar-refractivity contribution < 1.29 is 0 Å². The third-order valence-electron chi connectivity index (χ3n) is 4.04. The van der Waals surface area contributed by atoms with Gasteiger partial charge in [0.1, 0.15) is 0 Å². The quantitative estimate of drug-likeness (QED) is 0.883. The number of hydrogen-bond donors (Lipinski definition) is 1. The number of nitrogens with zero attached hydrogens (tertiary/aromatic N) is 1. The van der Waals surface area contributed by atoms with Gasteiger partial charge in [-0.15, -0.1) is 0 Å². The van der Waals surface area contributed by atoms with Crippen LogP contribution in [0.5, 0.6) is 0 Å². The van der Waals surface area contributed by atoms with E-state index in [9.17, 15) is 0 Å². The van der Waals surface area contributed by atoms with E-state index < -0.39 is 0 Å². The van der Waals surface area contributed by atoms with E-state index in [0.29, 0.717) is 11.8 Å². The molecule has 1 N–H and O–H groups in total. The van der Waals surface area contributed by atoms with E-state index >= 15 is 0 Å². The zero-order chi connectivity index (χ0) is 13.4. The Morgan fingerprint density at radius 3 is 2.58 bits per heavy atom. The second-order valence-electron chi connectivity index (χ2n) is 5.51. The van der Waals surface area contributed by atoms with Crippen LogP contribution in [0.4, 0.5) is 0 Å². The molecule has 0 radical (unpaired) electrons. The maximum absolute atomic E-state index is 5.93. The Morgan fingerprint density at radius 2 is 1.84 bits per heavy atom. The normalized spacial score (nSPS) is 25.5. The smallest absolute Gasteiger partial charge is 0.0881 e. The van der Waals surface area contributed by atoms with Crippen LogP contribution in [0.3, 0.4) is 0 Å². The molecule has 0 bridgehead atoms. The minimum atomic E-state index is 0.603. The van der Waals surface area contributed by atoms with Gasteiger partial charge in [-0.05, 0) is 29.5 Å². The van der Waals surface area contributed by atoms with Crippen molar-refractivity contribution in [3.63, 3.8) is 0 Å². The summed E-state index contributed by atoms with van der Waals surface area (Å²) >= 11 is 5.93. The van der Waals surface area contributed by atoms with Gasteiger partial charge in [-0.1, -0.05) is 49.7 Å². The first-order valence-electron chi connectivity index (χ1n) is 6.81. The van der Waals surface area contributed by atoms with Gasteiger partial charge in [0.2, 0.25) is 0 Å². The van der Waals surface area contributed by atoms with Gasteiger partial charge >= 0.3 is 0 Å². The molecule has 0 aromatic heterocycles. The molecule has 2 unspecified atom stereocenters. The first-order valence-corrected chi connectivity index (χ1v) is 7.18. The number of rotatable bonds is 2. The second kappa shape index (κ2) is 4.93. The van der Waals surface area contributed by atoms with E-state index in [-0.39, 0.29) is 0 Å². The molecule has 1 heterocycles. The van der Waals surface area contributed by atoms with Gasteiger partial charge in [0, 0.05) is 11.6 Å². The minimum absolute atomic E-state index is 0.603. The average molecular weight is 275 g/mol. The zero-order valence-corrected chi connectivity index (χ0v) is 12.1. The van der Waals surface area contributed by atoms with Crippen molar-refractivity contribution in [1.29, 1.82) is 0 Å². The van der Waals surface area contributed by atoms with E-state index in [1.165, 1.54) is 17.0 Å². The van der Waals surface area contributed by atoms with Gasteiger partial charge in [0.25, 0.3) is 0 Å². The summed E-state index contributed by atoms with van der Waals surface area (Å²) in [6.45, 7) is 6.37. The second-order valence-corrected chi connectivity index (χ2v) is 5.95. The molecule has 1 saturated heterocycles. The molecular weight excluding hydrogens is 256 g/mol. The summed E-state index contributed by atoms with van der Waals surface area (Å²) < 4.78 is 0. The van der Waals surface area contributed by atoms with E-state index in [1.807, 2.05) is 12.1 Å². The summed E-state index contributed by atoms with van der Waals surface area (Å²) in [5, 5.41) is 4.28. The van der Waals surface area contributed by atoms with Crippen molar-refractivity contribution in [3.8, 4) is 0 Å². The third kappa shape index (κ3) is 2.50. The summed E-state index contributed by atoms with van der Waals surface area (Å²) in [6, 6.07) is 8.10. The Kier molecular flexibility index (Phi) is 3.28. The fraction of sp³-hybridized carbons (Fsp3) is 0.375. The lowest BCUT2D eigenvalue weighted by atomic mass is 9.89. The highest BCUT2D eigenvalue weighted by atomic mass is 35.5. The standard InChI is InChI=1S/C16H19ClN2/c1-11-7-15-16(8-12(11)2)19(10-18-15)9-13-3-5-14(17)6-4-13/h3-8,11-12,18H,9-10H2,1-2H3. The lowest BCUT2D eigenvalue weighted by molar-refractivity contribution is 0.370. The number of hydrogen-bond acceptors (Lipinski definition) is 2. The fourth-order valence-corrected chi connectivity index (χ4v) is 2.76. The summed E-state index contributed by atoms with van der Waals surface area (Å²) in [5.41, 5.74) is 3.93. The molecule has 0 amide bonds. The minimum Gasteiger partial charge on any atom is -0.366 e. The highest BCUT2D eigenvalue weighted by Crippen LogP contribution is 2.31. The van der Waals surface area contributed by atoms with Gasteiger partial charge in [0.15, 0.2) is 0 Å². The molecule has 1 aromatic rings. The van der Waals surface area contributed by atoms with Crippen molar-refractivity contribution in [1.82, 2.24) is 10.2 Å². The first-order chi connectivity index (χ1) is 9.13. The number of nitrogens with one attached hydrogen (secondary N) is 1. The third-order valence-corrected chi connectivity index (χ3v) is 4.30. The predicted octanol–water partition coefficient (Wildman–Crippen LogP) is 3.76.